The van der Waals surface area contributed by atoms with Crippen LogP contribution >= 0.6 is 0 Å². The molecule has 0 spiro atoms. The van der Waals surface area contributed by atoms with Crippen LogP contribution in [-0.2, 0) is 0 Å². The molecule has 1 N–H and O–H groups in total. The zero-order chi connectivity index (χ0) is 13.4. The highest BCUT2D eigenvalue weighted by atomic mass is 15.2. The molecule has 0 bridgehead atoms. The van der Waals surface area contributed by atoms with Crippen molar-refractivity contribution in [2.45, 2.75) is 32.9 Å². The van der Waals surface area contributed by atoms with Gasteiger partial charge in [0.25, 0.3) is 0 Å². The fourth-order valence-corrected chi connectivity index (χ4v) is 2.18. The van der Waals surface area contributed by atoms with Gasteiger partial charge in [0, 0.05) is 18.6 Å². The van der Waals surface area contributed by atoms with Crippen LogP contribution in [0.2, 0.25) is 0 Å². The second kappa shape index (κ2) is 8.06. The average molecular weight is 246 g/mol. The van der Waals surface area contributed by atoms with E-state index in [1.54, 1.807) is 0 Å². The van der Waals surface area contributed by atoms with Crippen molar-refractivity contribution < 1.29 is 0 Å². The number of rotatable bonds is 8. The summed E-state index contributed by atoms with van der Waals surface area (Å²) in [5, 5.41) is 3.52. The molecule has 0 aliphatic carbocycles. The van der Waals surface area contributed by atoms with Crippen molar-refractivity contribution in [2.24, 2.45) is 0 Å². The lowest BCUT2D eigenvalue weighted by atomic mass is 10.0. The minimum Gasteiger partial charge on any atom is -0.309 e. The van der Waals surface area contributed by atoms with Crippen molar-refractivity contribution in [3.63, 3.8) is 0 Å². The third-order valence-corrected chi connectivity index (χ3v) is 3.42. The van der Waals surface area contributed by atoms with Crippen molar-refractivity contribution in [1.29, 1.82) is 0 Å². The van der Waals surface area contributed by atoms with Gasteiger partial charge in [0.15, 0.2) is 0 Å². The molecular weight excluding hydrogens is 220 g/mol. The van der Waals surface area contributed by atoms with Crippen molar-refractivity contribution in [2.75, 3.05) is 19.6 Å². The van der Waals surface area contributed by atoms with Crippen molar-refractivity contribution in [3.8, 4) is 0 Å². The molecule has 0 amide bonds. The molecule has 1 rings (SSSR count). The Labute approximate surface area is 112 Å². The molecule has 0 fully saturated rings. The standard InChI is InChI=1S/C16H26N2/c1-5-14(4)17-13-16(18(6-2)7-3)15-11-9-8-10-12-15/h5,8-12,14,16-17H,1,6-7,13H2,2-4H3. The fraction of sp³-hybridized carbons (Fsp3) is 0.500. The maximum Gasteiger partial charge on any atom is 0.0472 e. The van der Waals surface area contributed by atoms with Gasteiger partial charge in [-0.15, -0.1) is 6.58 Å². The minimum atomic E-state index is 0.353. The summed E-state index contributed by atoms with van der Waals surface area (Å²) in [7, 11) is 0. The van der Waals surface area contributed by atoms with E-state index in [9.17, 15) is 0 Å². The van der Waals surface area contributed by atoms with E-state index >= 15 is 0 Å². The molecule has 0 heterocycles. The Morgan fingerprint density at radius 3 is 2.33 bits per heavy atom. The van der Waals surface area contributed by atoms with Gasteiger partial charge in [0.1, 0.15) is 0 Å². The first-order chi connectivity index (χ1) is 8.72. The molecule has 0 aliphatic rings. The molecule has 0 aromatic heterocycles. The highest BCUT2D eigenvalue weighted by Crippen LogP contribution is 2.19. The van der Waals surface area contributed by atoms with Crippen molar-refractivity contribution in [3.05, 3.63) is 48.6 Å². The molecule has 0 saturated carbocycles. The molecule has 0 radical (unpaired) electrons. The quantitative estimate of drug-likeness (QED) is 0.708. The summed E-state index contributed by atoms with van der Waals surface area (Å²) in [6, 6.07) is 11.5. The molecule has 1 aromatic carbocycles. The van der Waals surface area contributed by atoms with Crippen LogP contribution in [0.4, 0.5) is 0 Å². The van der Waals surface area contributed by atoms with E-state index in [1.165, 1.54) is 5.56 Å². The number of hydrogen-bond donors (Lipinski definition) is 1. The van der Waals surface area contributed by atoms with Crippen LogP contribution in [0.3, 0.4) is 0 Å². The number of benzene rings is 1. The highest BCUT2D eigenvalue weighted by molar-refractivity contribution is 5.19. The van der Waals surface area contributed by atoms with Gasteiger partial charge in [-0.05, 0) is 25.6 Å². The molecule has 2 unspecified atom stereocenters. The summed E-state index contributed by atoms with van der Waals surface area (Å²) in [5.41, 5.74) is 1.38. The Morgan fingerprint density at radius 1 is 1.22 bits per heavy atom. The monoisotopic (exact) mass is 246 g/mol. The van der Waals surface area contributed by atoms with E-state index in [2.05, 4.69) is 67.9 Å². The van der Waals surface area contributed by atoms with Crippen LogP contribution < -0.4 is 5.32 Å². The first-order valence-corrected chi connectivity index (χ1v) is 6.87. The van der Waals surface area contributed by atoms with Gasteiger partial charge in [0.2, 0.25) is 0 Å². The zero-order valence-corrected chi connectivity index (χ0v) is 11.9. The second-order valence-corrected chi connectivity index (χ2v) is 4.58. The summed E-state index contributed by atoms with van der Waals surface area (Å²) in [6.45, 7) is 13.5. The highest BCUT2D eigenvalue weighted by Gasteiger charge is 2.17. The molecule has 0 aliphatic heterocycles. The van der Waals surface area contributed by atoms with Crippen LogP contribution in [0.25, 0.3) is 0 Å². The Morgan fingerprint density at radius 2 is 1.83 bits per heavy atom. The average Bonchev–Trinajstić information content (AvgIpc) is 2.44. The van der Waals surface area contributed by atoms with Gasteiger partial charge in [-0.2, -0.15) is 0 Å². The third-order valence-electron chi connectivity index (χ3n) is 3.42. The normalized spacial score (nSPS) is 14.4. The molecule has 0 saturated heterocycles. The molecule has 18 heavy (non-hydrogen) atoms. The van der Waals surface area contributed by atoms with Crippen LogP contribution in [-0.4, -0.2) is 30.6 Å². The zero-order valence-electron chi connectivity index (χ0n) is 11.9. The Kier molecular flexibility index (Phi) is 6.69. The summed E-state index contributed by atoms with van der Waals surface area (Å²) in [5.74, 6) is 0. The van der Waals surface area contributed by atoms with Gasteiger partial charge in [-0.3, -0.25) is 4.90 Å². The molecule has 2 heteroatoms. The molecule has 1 aromatic rings. The van der Waals surface area contributed by atoms with E-state index in [0.717, 1.165) is 19.6 Å². The van der Waals surface area contributed by atoms with E-state index in [1.807, 2.05) is 6.08 Å². The first-order valence-electron chi connectivity index (χ1n) is 6.87. The molecule has 2 nitrogen and oxygen atoms in total. The Bertz CT molecular complexity index is 330. The third kappa shape index (κ3) is 4.28. The molecule has 2 atom stereocenters. The lowest BCUT2D eigenvalue weighted by molar-refractivity contribution is 0.211. The predicted molar refractivity (Wildman–Crippen MR) is 79.8 cm³/mol. The largest absolute Gasteiger partial charge is 0.309 e. The fourth-order valence-electron chi connectivity index (χ4n) is 2.18. The summed E-state index contributed by atoms with van der Waals surface area (Å²) < 4.78 is 0. The lowest BCUT2D eigenvalue weighted by Crippen LogP contribution is -2.38. The van der Waals surface area contributed by atoms with Crippen LogP contribution in [0.5, 0.6) is 0 Å². The summed E-state index contributed by atoms with van der Waals surface area (Å²) in [4.78, 5) is 2.48. The molecular formula is C16H26N2. The van der Waals surface area contributed by atoms with Crippen LogP contribution in [0.15, 0.2) is 43.0 Å². The smallest absolute Gasteiger partial charge is 0.0472 e. The van der Waals surface area contributed by atoms with Gasteiger partial charge >= 0.3 is 0 Å². The Balaban J connectivity index is 2.78. The van der Waals surface area contributed by atoms with Gasteiger partial charge in [-0.1, -0.05) is 50.3 Å². The number of hydrogen-bond acceptors (Lipinski definition) is 2. The maximum absolute atomic E-state index is 3.82. The maximum atomic E-state index is 3.82. The van der Waals surface area contributed by atoms with Gasteiger partial charge in [0.05, 0.1) is 0 Å². The van der Waals surface area contributed by atoms with Gasteiger partial charge in [-0.25, -0.2) is 0 Å². The van der Waals surface area contributed by atoms with E-state index < -0.39 is 0 Å². The first kappa shape index (κ1) is 14.9. The van der Waals surface area contributed by atoms with Gasteiger partial charge < -0.3 is 5.32 Å². The molecule has 100 valence electrons. The lowest BCUT2D eigenvalue weighted by Gasteiger charge is -2.31. The van der Waals surface area contributed by atoms with E-state index in [4.69, 9.17) is 0 Å². The number of nitrogens with one attached hydrogen (secondary N) is 1. The minimum absolute atomic E-state index is 0.353. The predicted octanol–water partition coefficient (Wildman–Crippen LogP) is 3.23. The van der Waals surface area contributed by atoms with Crippen LogP contribution in [0.1, 0.15) is 32.4 Å². The van der Waals surface area contributed by atoms with Crippen molar-refractivity contribution >= 4 is 0 Å². The number of likely N-dealkylation sites (N-methyl/N-ethyl adjacent to an activating group) is 1. The summed E-state index contributed by atoms with van der Waals surface area (Å²) >= 11 is 0. The Hall–Kier alpha value is -1.12. The van der Waals surface area contributed by atoms with Crippen molar-refractivity contribution in [1.82, 2.24) is 10.2 Å². The van der Waals surface area contributed by atoms with E-state index in [-0.39, 0.29) is 0 Å². The summed E-state index contributed by atoms with van der Waals surface area (Å²) in [6.07, 6.45) is 1.95. The second-order valence-electron chi connectivity index (χ2n) is 4.58. The topological polar surface area (TPSA) is 15.3 Å². The number of nitrogens with zero attached hydrogens (tertiary/aromatic N) is 1. The van der Waals surface area contributed by atoms with E-state index in [0.29, 0.717) is 12.1 Å². The van der Waals surface area contributed by atoms with Crippen LogP contribution in [0, 0.1) is 0 Å². The SMILES string of the molecule is C=CC(C)NCC(c1ccccc1)N(CC)CC.